The molecule has 0 radical (unpaired) electrons. The number of anilines is 1. The SMILES string of the molecule is N#Cc1cc(-c2cccnc2N)c(Cl)cn1. The molecular formula is C11H7ClN4. The molecule has 2 N–H and O–H groups in total. The molecule has 0 atom stereocenters. The van der Waals surface area contributed by atoms with E-state index < -0.39 is 0 Å². The molecule has 2 aromatic rings. The van der Waals surface area contributed by atoms with E-state index in [-0.39, 0.29) is 0 Å². The van der Waals surface area contributed by atoms with Crippen LogP contribution in [0.3, 0.4) is 0 Å². The Morgan fingerprint density at radius 1 is 1.31 bits per heavy atom. The molecule has 0 aliphatic carbocycles. The van der Waals surface area contributed by atoms with Crippen molar-refractivity contribution in [2.45, 2.75) is 0 Å². The summed E-state index contributed by atoms with van der Waals surface area (Å²) < 4.78 is 0. The first kappa shape index (κ1) is 10.4. The first-order valence-electron chi connectivity index (χ1n) is 4.49. The van der Waals surface area contributed by atoms with Gasteiger partial charge in [0.2, 0.25) is 0 Å². The highest BCUT2D eigenvalue weighted by molar-refractivity contribution is 6.33. The Labute approximate surface area is 97.3 Å². The third-order valence-electron chi connectivity index (χ3n) is 2.10. The molecule has 0 aromatic carbocycles. The van der Waals surface area contributed by atoms with E-state index in [0.29, 0.717) is 27.7 Å². The lowest BCUT2D eigenvalue weighted by atomic mass is 10.1. The molecule has 4 nitrogen and oxygen atoms in total. The van der Waals surface area contributed by atoms with E-state index in [0.717, 1.165) is 0 Å². The number of nitriles is 1. The zero-order valence-electron chi connectivity index (χ0n) is 8.18. The van der Waals surface area contributed by atoms with Crippen LogP contribution in [0.2, 0.25) is 5.02 Å². The summed E-state index contributed by atoms with van der Waals surface area (Å²) in [7, 11) is 0. The van der Waals surface area contributed by atoms with Gasteiger partial charge in [-0.15, -0.1) is 0 Å². The highest BCUT2D eigenvalue weighted by Gasteiger charge is 2.09. The fourth-order valence-electron chi connectivity index (χ4n) is 1.35. The van der Waals surface area contributed by atoms with E-state index in [9.17, 15) is 0 Å². The van der Waals surface area contributed by atoms with Crippen molar-refractivity contribution < 1.29 is 0 Å². The fraction of sp³-hybridized carbons (Fsp3) is 0. The largest absolute Gasteiger partial charge is 0.383 e. The summed E-state index contributed by atoms with van der Waals surface area (Å²) in [5, 5.41) is 9.21. The predicted octanol–water partition coefficient (Wildman–Crippen LogP) is 2.25. The summed E-state index contributed by atoms with van der Waals surface area (Å²) in [6, 6.07) is 7.10. The normalized spacial score (nSPS) is 9.75. The van der Waals surface area contributed by atoms with Crippen LogP contribution in [0.25, 0.3) is 11.1 Å². The van der Waals surface area contributed by atoms with Crippen molar-refractivity contribution in [3.63, 3.8) is 0 Å². The Kier molecular flexibility index (Phi) is 2.71. The minimum Gasteiger partial charge on any atom is -0.383 e. The first-order valence-corrected chi connectivity index (χ1v) is 4.86. The molecule has 78 valence electrons. The fourth-order valence-corrected chi connectivity index (χ4v) is 1.56. The molecule has 0 aliphatic heterocycles. The van der Waals surface area contributed by atoms with Crippen LogP contribution in [-0.4, -0.2) is 9.97 Å². The molecule has 16 heavy (non-hydrogen) atoms. The van der Waals surface area contributed by atoms with Gasteiger partial charge in [-0.05, 0) is 18.2 Å². The second kappa shape index (κ2) is 4.17. The van der Waals surface area contributed by atoms with E-state index in [1.807, 2.05) is 6.07 Å². The quantitative estimate of drug-likeness (QED) is 0.815. The molecular weight excluding hydrogens is 224 g/mol. The molecule has 0 fully saturated rings. The molecule has 5 heteroatoms. The zero-order valence-corrected chi connectivity index (χ0v) is 8.94. The lowest BCUT2D eigenvalue weighted by molar-refractivity contribution is 1.26. The van der Waals surface area contributed by atoms with Crippen molar-refractivity contribution in [1.29, 1.82) is 5.26 Å². The number of hydrogen-bond acceptors (Lipinski definition) is 4. The maximum Gasteiger partial charge on any atom is 0.141 e. The average Bonchev–Trinajstić information content (AvgIpc) is 2.31. The molecule has 2 aromatic heterocycles. The first-order chi connectivity index (χ1) is 7.72. The van der Waals surface area contributed by atoms with Crippen LogP contribution < -0.4 is 5.73 Å². The lowest BCUT2D eigenvalue weighted by Gasteiger charge is -2.06. The Morgan fingerprint density at radius 2 is 2.12 bits per heavy atom. The molecule has 2 rings (SSSR count). The summed E-state index contributed by atoms with van der Waals surface area (Å²) in [5.41, 5.74) is 7.40. The Hall–Kier alpha value is -2.12. The van der Waals surface area contributed by atoms with Crippen LogP contribution in [0.4, 0.5) is 5.82 Å². The van der Waals surface area contributed by atoms with Gasteiger partial charge in [-0.25, -0.2) is 9.97 Å². The van der Waals surface area contributed by atoms with Gasteiger partial charge < -0.3 is 5.73 Å². The number of hydrogen-bond donors (Lipinski definition) is 1. The van der Waals surface area contributed by atoms with Crippen molar-refractivity contribution in [2.24, 2.45) is 0 Å². The molecule has 0 unspecified atom stereocenters. The van der Waals surface area contributed by atoms with Gasteiger partial charge >= 0.3 is 0 Å². The van der Waals surface area contributed by atoms with Gasteiger partial charge in [-0.3, -0.25) is 0 Å². The van der Waals surface area contributed by atoms with Crippen molar-refractivity contribution in [2.75, 3.05) is 5.73 Å². The van der Waals surface area contributed by atoms with E-state index >= 15 is 0 Å². The van der Waals surface area contributed by atoms with E-state index in [2.05, 4.69) is 9.97 Å². The standard InChI is InChI=1S/C11H7ClN4/c12-10-6-16-7(5-13)4-9(10)8-2-1-3-15-11(8)14/h1-4,6H,(H2,14,15). The number of nitrogen functional groups attached to an aromatic ring is 1. The van der Waals surface area contributed by atoms with Gasteiger partial charge in [0, 0.05) is 23.5 Å². The van der Waals surface area contributed by atoms with Crippen molar-refractivity contribution in [3.8, 4) is 17.2 Å². The maximum absolute atomic E-state index is 8.77. The molecule has 0 saturated carbocycles. The van der Waals surface area contributed by atoms with Gasteiger partial charge in [-0.1, -0.05) is 11.6 Å². The number of nitrogens with two attached hydrogens (primary N) is 1. The summed E-state index contributed by atoms with van der Waals surface area (Å²) in [6.45, 7) is 0. The van der Waals surface area contributed by atoms with Gasteiger partial charge in [0.1, 0.15) is 17.6 Å². The van der Waals surface area contributed by atoms with Gasteiger partial charge in [-0.2, -0.15) is 5.26 Å². The lowest BCUT2D eigenvalue weighted by Crippen LogP contribution is -1.94. The second-order valence-corrected chi connectivity index (χ2v) is 3.50. The Bertz CT molecular complexity index is 574. The average molecular weight is 231 g/mol. The summed E-state index contributed by atoms with van der Waals surface area (Å²) in [4.78, 5) is 7.83. The third kappa shape index (κ3) is 1.81. The maximum atomic E-state index is 8.77. The molecule has 0 bridgehead atoms. The molecule has 0 spiro atoms. The number of aromatic nitrogens is 2. The monoisotopic (exact) mass is 230 g/mol. The Morgan fingerprint density at radius 3 is 2.81 bits per heavy atom. The topological polar surface area (TPSA) is 75.6 Å². The van der Waals surface area contributed by atoms with Crippen molar-refractivity contribution in [1.82, 2.24) is 9.97 Å². The predicted molar refractivity (Wildman–Crippen MR) is 61.6 cm³/mol. The third-order valence-corrected chi connectivity index (χ3v) is 2.40. The number of halogens is 1. The van der Waals surface area contributed by atoms with Crippen molar-refractivity contribution in [3.05, 3.63) is 41.3 Å². The van der Waals surface area contributed by atoms with Crippen LogP contribution in [0.15, 0.2) is 30.6 Å². The molecule has 0 saturated heterocycles. The minimum absolute atomic E-state index is 0.294. The number of pyridine rings is 2. The Balaban J connectivity index is 2.65. The van der Waals surface area contributed by atoms with E-state index in [4.69, 9.17) is 22.6 Å². The highest BCUT2D eigenvalue weighted by Crippen LogP contribution is 2.30. The second-order valence-electron chi connectivity index (χ2n) is 3.10. The van der Waals surface area contributed by atoms with E-state index in [1.54, 1.807) is 24.4 Å². The van der Waals surface area contributed by atoms with Crippen LogP contribution >= 0.6 is 11.6 Å². The number of rotatable bonds is 1. The summed E-state index contributed by atoms with van der Waals surface area (Å²) >= 11 is 6.00. The highest BCUT2D eigenvalue weighted by atomic mass is 35.5. The van der Waals surface area contributed by atoms with Crippen LogP contribution in [0.1, 0.15) is 5.69 Å². The van der Waals surface area contributed by atoms with E-state index in [1.165, 1.54) is 6.20 Å². The molecule has 0 aliphatic rings. The van der Waals surface area contributed by atoms with Crippen LogP contribution in [0, 0.1) is 11.3 Å². The van der Waals surface area contributed by atoms with Crippen LogP contribution in [-0.2, 0) is 0 Å². The smallest absolute Gasteiger partial charge is 0.141 e. The van der Waals surface area contributed by atoms with Crippen molar-refractivity contribution >= 4 is 17.4 Å². The minimum atomic E-state index is 0.294. The number of nitrogens with zero attached hydrogens (tertiary/aromatic N) is 3. The van der Waals surface area contributed by atoms with Gasteiger partial charge in [0.15, 0.2) is 0 Å². The van der Waals surface area contributed by atoms with Crippen LogP contribution in [0.5, 0.6) is 0 Å². The summed E-state index contributed by atoms with van der Waals surface area (Å²) in [6.07, 6.45) is 3.03. The van der Waals surface area contributed by atoms with Gasteiger partial charge in [0.25, 0.3) is 0 Å². The molecule has 2 heterocycles. The zero-order chi connectivity index (χ0) is 11.5. The summed E-state index contributed by atoms with van der Waals surface area (Å²) in [5.74, 6) is 0.375. The van der Waals surface area contributed by atoms with Gasteiger partial charge in [0.05, 0.1) is 5.02 Å². The molecule has 0 amide bonds.